The van der Waals surface area contributed by atoms with Gasteiger partial charge in [0.15, 0.2) is 5.82 Å². The van der Waals surface area contributed by atoms with Gasteiger partial charge in [0.25, 0.3) is 0 Å². The second kappa shape index (κ2) is 5.68. The first kappa shape index (κ1) is 13.8. The molecule has 2 amide bonds. The molecule has 0 atom stereocenters. The Balaban J connectivity index is 1.82. The number of halogens is 1. The number of urea groups is 1. The normalized spacial score (nSPS) is 10.5. The van der Waals surface area contributed by atoms with Gasteiger partial charge < -0.3 is 5.32 Å². The minimum atomic E-state index is -0.516. The van der Waals surface area contributed by atoms with Crippen molar-refractivity contribution in [3.8, 4) is 5.69 Å². The lowest BCUT2D eigenvalue weighted by Gasteiger charge is -2.11. The summed E-state index contributed by atoms with van der Waals surface area (Å²) in [6.07, 6.45) is 5.00. The Hall–Kier alpha value is -3.16. The van der Waals surface area contributed by atoms with E-state index in [1.165, 1.54) is 16.8 Å². The van der Waals surface area contributed by atoms with Gasteiger partial charge in [-0.05, 0) is 24.3 Å². The van der Waals surface area contributed by atoms with Gasteiger partial charge in [0, 0.05) is 31.7 Å². The van der Waals surface area contributed by atoms with E-state index in [1.807, 2.05) is 0 Å². The predicted molar refractivity (Wildman–Crippen MR) is 79.4 cm³/mol. The Morgan fingerprint density at radius 1 is 1.23 bits per heavy atom. The number of nitrogens with zero attached hydrogens (tertiary/aromatic N) is 4. The molecule has 0 aliphatic rings. The van der Waals surface area contributed by atoms with E-state index in [1.54, 1.807) is 48.5 Å². The molecule has 8 heteroatoms. The van der Waals surface area contributed by atoms with E-state index < -0.39 is 11.8 Å². The van der Waals surface area contributed by atoms with Crippen molar-refractivity contribution in [3.63, 3.8) is 0 Å². The van der Waals surface area contributed by atoms with Gasteiger partial charge in [0.2, 0.25) is 0 Å². The first-order valence-corrected chi connectivity index (χ1v) is 6.49. The second-order valence-corrected chi connectivity index (χ2v) is 4.57. The van der Waals surface area contributed by atoms with Gasteiger partial charge in [-0.2, -0.15) is 10.2 Å². The SMILES string of the molecule is Cn1ccc(NC(=O)Nc2cc(F)ccc2-n2cccn2)n1. The van der Waals surface area contributed by atoms with E-state index in [4.69, 9.17) is 0 Å². The number of aryl methyl sites for hydroxylation is 1. The third-order valence-electron chi connectivity index (χ3n) is 2.91. The number of benzene rings is 1. The quantitative estimate of drug-likeness (QED) is 0.779. The average Bonchev–Trinajstić information content (AvgIpc) is 3.11. The monoisotopic (exact) mass is 300 g/mol. The maximum absolute atomic E-state index is 13.5. The van der Waals surface area contributed by atoms with E-state index >= 15 is 0 Å². The predicted octanol–water partition coefficient (Wildman–Crippen LogP) is 2.39. The number of carbonyl (C=O) groups excluding carboxylic acids is 1. The van der Waals surface area contributed by atoms with Crippen LogP contribution in [-0.2, 0) is 7.05 Å². The molecule has 7 nitrogen and oxygen atoms in total. The summed E-state index contributed by atoms with van der Waals surface area (Å²) in [5.41, 5.74) is 0.861. The fourth-order valence-corrected chi connectivity index (χ4v) is 1.97. The first-order chi connectivity index (χ1) is 10.6. The molecule has 0 bridgehead atoms. The summed E-state index contributed by atoms with van der Waals surface area (Å²) in [5, 5.41) is 13.3. The van der Waals surface area contributed by atoms with Crippen molar-refractivity contribution in [2.24, 2.45) is 7.05 Å². The molecular weight excluding hydrogens is 287 g/mol. The van der Waals surface area contributed by atoms with Crippen molar-refractivity contribution >= 4 is 17.5 Å². The topological polar surface area (TPSA) is 76.8 Å². The zero-order valence-corrected chi connectivity index (χ0v) is 11.7. The molecule has 0 fully saturated rings. The summed E-state index contributed by atoms with van der Waals surface area (Å²) < 4.78 is 16.6. The third-order valence-corrected chi connectivity index (χ3v) is 2.91. The number of nitrogens with one attached hydrogen (secondary N) is 2. The number of hydrogen-bond acceptors (Lipinski definition) is 3. The Kier molecular flexibility index (Phi) is 3.57. The average molecular weight is 300 g/mol. The summed E-state index contributed by atoms with van der Waals surface area (Å²) in [6, 6.07) is 6.95. The van der Waals surface area contributed by atoms with E-state index in [9.17, 15) is 9.18 Å². The molecule has 0 aliphatic heterocycles. The molecule has 0 aliphatic carbocycles. The smallest absolute Gasteiger partial charge is 0.306 e. The van der Waals surface area contributed by atoms with Gasteiger partial charge >= 0.3 is 6.03 Å². The number of hydrogen-bond donors (Lipinski definition) is 2. The van der Waals surface area contributed by atoms with Crippen LogP contribution in [0.3, 0.4) is 0 Å². The summed E-state index contributed by atoms with van der Waals surface area (Å²) in [5.74, 6) is -0.0546. The standard InChI is InChI=1S/C14H13FN6O/c1-20-8-5-13(19-20)18-14(22)17-11-9-10(15)3-4-12(11)21-7-2-6-16-21/h2-9H,1H3,(H2,17,18,19,22). The van der Waals surface area contributed by atoms with Gasteiger partial charge in [0.05, 0.1) is 11.4 Å². The van der Waals surface area contributed by atoms with Crippen LogP contribution in [0, 0.1) is 5.82 Å². The Morgan fingerprint density at radius 2 is 2.09 bits per heavy atom. The molecule has 22 heavy (non-hydrogen) atoms. The number of carbonyl (C=O) groups is 1. The van der Waals surface area contributed by atoms with E-state index in [2.05, 4.69) is 20.8 Å². The zero-order valence-electron chi connectivity index (χ0n) is 11.7. The van der Waals surface area contributed by atoms with Crippen LogP contribution < -0.4 is 10.6 Å². The van der Waals surface area contributed by atoms with Crippen LogP contribution in [-0.4, -0.2) is 25.6 Å². The van der Waals surface area contributed by atoms with Crippen LogP contribution in [0.2, 0.25) is 0 Å². The van der Waals surface area contributed by atoms with Crippen molar-refractivity contribution in [3.05, 3.63) is 54.7 Å². The van der Waals surface area contributed by atoms with Crippen molar-refractivity contribution in [2.75, 3.05) is 10.6 Å². The van der Waals surface area contributed by atoms with Crippen LogP contribution in [0.1, 0.15) is 0 Å². The Labute approximate surface area is 125 Å². The highest BCUT2D eigenvalue weighted by atomic mass is 19.1. The third kappa shape index (κ3) is 2.95. The highest BCUT2D eigenvalue weighted by Crippen LogP contribution is 2.21. The molecule has 3 aromatic rings. The molecule has 0 unspecified atom stereocenters. The molecule has 2 aromatic heterocycles. The number of aromatic nitrogens is 4. The second-order valence-electron chi connectivity index (χ2n) is 4.57. The zero-order chi connectivity index (χ0) is 15.5. The van der Waals surface area contributed by atoms with Gasteiger partial charge in [-0.15, -0.1) is 0 Å². The molecule has 3 rings (SSSR count). The number of amides is 2. The Morgan fingerprint density at radius 3 is 2.77 bits per heavy atom. The van der Waals surface area contributed by atoms with Crippen molar-refractivity contribution in [2.45, 2.75) is 0 Å². The number of anilines is 2. The lowest BCUT2D eigenvalue weighted by atomic mass is 10.2. The van der Waals surface area contributed by atoms with E-state index in [-0.39, 0.29) is 0 Å². The molecule has 0 saturated heterocycles. The van der Waals surface area contributed by atoms with Crippen molar-refractivity contribution in [1.29, 1.82) is 0 Å². The van der Waals surface area contributed by atoms with Gasteiger partial charge in [-0.3, -0.25) is 10.00 Å². The Bertz CT molecular complexity index is 796. The lowest BCUT2D eigenvalue weighted by molar-refractivity contribution is 0.262. The van der Waals surface area contributed by atoms with Crippen molar-refractivity contribution < 1.29 is 9.18 Å². The fourth-order valence-electron chi connectivity index (χ4n) is 1.97. The number of rotatable bonds is 3. The molecule has 0 radical (unpaired) electrons. The molecule has 0 spiro atoms. The fraction of sp³-hybridized carbons (Fsp3) is 0.0714. The van der Waals surface area contributed by atoms with Crippen LogP contribution in [0.25, 0.3) is 5.69 Å². The largest absolute Gasteiger partial charge is 0.324 e. The van der Waals surface area contributed by atoms with E-state index in [0.29, 0.717) is 17.2 Å². The molecule has 1 aromatic carbocycles. The van der Waals surface area contributed by atoms with Crippen LogP contribution in [0.4, 0.5) is 20.7 Å². The lowest BCUT2D eigenvalue weighted by Crippen LogP contribution is -2.21. The summed E-state index contributed by atoms with van der Waals surface area (Å²) in [6.45, 7) is 0. The van der Waals surface area contributed by atoms with Crippen LogP contribution in [0.5, 0.6) is 0 Å². The molecule has 0 saturated carbocycles. The van der Waals surface area contributed by atoms with Crippen LogP contribution in [0.15, 0.2) is 48.9 Å². The minimum absolute atomic E-state index is 0.303. The van der Waals surface area contributed by atoms with Gasteiger partial charge in [-0.25, -0.2) is 13.9 Å². The van der Waals surface area contributed by atoms with Gasteiger partial charge in [0.1, 0.15) is 5.82 Å². The maximum atomic E-state index is 13.5. The molecular formula is C14H13FN6O. The van der Waals surface area contributed by atoms with E-state index in [0.717, 1.165) is 0 Å². The minimum Gasteiger partial charge on any atom is -0.306 e. The van der Waals surface area contributed by atoms with Crippen LogP contribution >= 0.6 is 0 Å². The van der Waals surface area contributed by atoms with Crippen molar-refractivity contribution in [1.82, 2.24) is 19.6 Å². The summed E-state index contributed by atoms with van der Waals surface area (Å²) in [7, 11) is 1.74. The maximum Gasteiger partial charge on any atom is 0.324 e. The molecule has 2 N–H and O–H groups in total. The highest BCUT2D eigenvalue weighted by molar-refractivity contribution is 6.00. The first-order valence-electron chi connectivity index (χ1n) is 6.49. The summed E-state index contributed by atoms with van der Waals surface area (Å²) >= 11 is 0. The van der Waals surface area contributed by atoms with Gasteiger partial charge in [-0.1, -0.05) is 0 Å². The highest BCUT2D eigenvalue weighted by Gasteiger charge is 2.11. The molecule has 112 valence electrons. The summed E-state index contributed by atoms with van der Waals surface area (Å²) in [4.78, 5) is 12.0. The molecule has 2 heterocycles.